The number of ether oxygens (including phenoxy) is 2. The lowest BCUT2D eigenvalue weighted by Crippen LogP contribution is -2.34. The van der Waals surface area contributed by atoms with E-state index in [1.807, 2.05) is 53.5 Å². The largest absolute Gasteiger partial charge is 0.493 e. The van der Waals surface area contributed by atoms with Gasteiger partial charge in [-0.3, -0.25) is 15.2 Å². The molecule has 2 aromatic carbocycles. The molecule has 2 aromatic rings. The average molecular weight is 298 g/mol. The second-order valence-electron chi connectivity index (χ2n) is 5.07. The van der Waals surface area contributed by atoms with Crippen LogP contribution in [0.4, 0.5) is 5.69 Å². The molecule has 1 heterocycles. The zero-order valence-corrected chi connectivity index (χ0v) is 12.6. The number of anilines is 1. The molecule has 0 radical (unpaired) electrons. The van der Waals surface area contributed by atoms with Crippen molar-refractivity contribution in [3.05, 3.63) is 54.1 Å². The Balaban J connectivity index is 1.97. The summed E-state index contributed by atoms with van der Waals surface area (Å²) in [7, 11) is 3.21. The van der Waals surface area contributed by atoms with Crippen LogP contribution >= 0.6 is 0 Å². The van der Waals surface area contributed by atoms with Gasteiger partial charge in [0.2, 0.25) is 5.91 Å². The van der Waals surface area contributed by atoms with E-state index in [0.29, 0.717) is 17.9 Å². The molecule has 0 saturated carbocycles. The fourth-order valence-electron chi connectivity index (χ4n) is 2.68. The van der Waals surface area contributed by atoms with Gasteiger partial charge in [-0.15, -0.1) is 0 Å². The average Bonchev–Trinajstić information content (AvgIpc) is 2.97. The number of hydrazine groups is 1. The number of amides is 1. The van der Waals surface area contributed by atoms with Crippen LogP contribution in [0.25, 0.3) is 0 Å². The summed E-state index contributed by atoms with van der Waals surface area (Å²) in [5.41, 5.74) is 4.86. The van der Waals surface area contributed by atoms with E-state index >= 15 is 0 Å². The topological polar surface area (TPSA) is 50.8 Å². The molecule has 1 aliphatic heterocycles. The van der Waals surface area contributed by atoms with E-state index in [9.17, 15) is 4.79 Å². The normalized spacial score (nSPS) is 17.3. The van der Waals surface area contributed by atoms with Crippen molar-refractivity contribution >= 4 is 11.6 Å². The molecule has 1 fully saturated rings. The van der Waals surface area contributed by atoms with E-state index in [1.54, 1.807) is 14.2 Å². The molecule has 5 nitrogen and oxygen atoms in total. The van der Waals surface area contributed by atoms with E-state index in [1.165, 1.54) is 0 Å². The van der Waals surface area contributed by atoms with Gasteiger partial charge in [0.25, 0.3) is 0 Å². The minimum atomic E-state index is -0.0743. The van der Waals surface area contributed by atoms with Gasteiger partial charge in [-0.1, -0.05) is 24.3 Å². The van der Waals surface area contributed by atoms with Crippen molar-refractivity contribution in [2.45, 2.75) is 12.5 Å². The van der Waals surface area contributed by atoms with Gasteiger partial charge in [-0.25, -0.2) is 0 Å². The van der Waals surface area contributed by atoms with Crippen LogP contribution in [-0.4, -0.2) is 20.1 Å². The van der Waals surface area contributed by atoms with Gasteiger partial charge in [0.15, 0.2) is 11.5 Å². The standard InChI is InChI=1S/C17H18N2O3/c1-21-15-9-8-12(10-16(15)22-2)14-11-17(20)18-19(14)13-6-4-3-5-7-13/h3-10,14H,11H2,1-2H3,(H,18,20). The molecule has 0 spiro atoms. The molecule has 1 N–H and O–H groups in total. The number of nitrogens with one attached hydrogen (secondary N) is 1. The van der Waals surface area contributed by atoms with Gasteiger partial charge in [0.05, 0.1) is 32.4 Å². The van der Waals surface area contributed by atoms with Gasteiger partial charge in [0.1, 0.15) is 0 Å². The van der Waals surface area contributed by atoms with Crippen LogP contribution in [0.3, 0.4) is 0 Å². The number of carbonyl (C=O) groups is 1. The van der Waals surface area contributed by atoms with Gasteiger partial charge in [0, 0.05) is 0 Å². The van der Waals surface area contributed by atoms with Gasteiger partial charge in [-0.05, 0) is 29.8 Å². The fraction of sp³-hybridized carbons (Fsp3) is 0.235. The molecule has 114 valence electrons. The molecule has 1 amide bonds. The summed E-state index contributed by atoms with van der Waals surface area (Å²) < 4.78 is 10.6. The summed E-state index contributed by atoms with van der Waals surface area (Å²) in [4.78, 5) is 11.9. The summed E-state index contributed by atoms with van der Waals surface area (Å²) in [5.74, 6) is 1.34. The molecule has 0 aromatic heterocycles. The van der Waals surface area contributed by atoms with Gasteiger partial charge < -0.3 is 9.47 Å². The highest BCUT2D eigenvalue weighted by molar-refractivity contribution is 5.83. The first-order valence-corrected chi connectivity index (χ1v) is 7.08. The third kappa shape index (κ3) is 2.57. The zero-order chi connectivity index (χ0) is 15.5. The van der Waals surface area contributed by atoms with Crippen LogP contribution in [0.15, 0.2) is 48.5 Å². The maximum Gasteiger partial charge on any atom is 0.241 e. The SMILES string of the molecule is COc1ccc(C2CC(=O)NN2c2ccccc2)cc1OC. The van der Waals surface area contributed by atoms with Crippen LogP contribution in [0.2, 0.25) is 0 Å². The van der Waals surface area contributed by atoms with E-state index in [0.717, 1.165) is 11.3 Å². The summed E-state index contributed by atoms with van der Waals surface area (Å²) in [6.45, 7) is 0. The number of carbonyl (C=O) groups excluding carboxylic acids is 1. The maximum atomic E-state index is 11.9. The molecule has 22 heavy (non-hydrogen) atoms. The highest BCUT2D eigenvalue weighted by atomic mass is 16.5. The van der Waals surface area contributed by atoms with Crippen LogP contribution in [0.5, 0.6) is 11.5 Å². The van der Waals surface area contributed by atoms with Crippen LogP contribution < -0.4 is 19.9 Å². The zero-order valence-electron chi connectivity index (χ0n) is 12.6. The minimum Gasteiger partial charge on any atom is -0.493 e. The van der Waals surface area contributed by atoms with Crippen molar-refractivity contribution in [1.82, 2.24) is 5.43 Å². The Hall–Kier alpha value is -2.69. The summed E-state index contributed by atoms with van der Waals surface area (Å²) in [6.07, 6.45) is 0.407. The fourth-order valence-corrected chi connectivity index (χ4v) is 2.68. The Morgan fingerprint density at radius 1 is 1.05 bits per heavy atom. The van der Waals surface area contributed by atoms with Crippen LogP contribution in [0.1, 0.15) is 18.0 Å². The number of hydrogen-bond donors (Lipinski definition) is 1. The summed E-state index contributed by atoms with van der Waals surface area (Å²) in [5, 5.41) is 1.89. The van der Waals surface area contributed by atoms with Crippen molar-refractivity contribution < 1.29 is 14.3 Å². The van der Waals surface area contributed by atoms with E-state index in [2.05, 4.69) is 5.43 Å². The minimum absolute atomic E-state index is 0.00337. The number of nitrogens with zero attached hydrogens (tertiary/aromatic N) is 1. The number of hydrogen-bond acceptors (Lipinski definition) is 4. The second-order valence-corrected chi connectivity index (χ2v) is 5.07. The highest BCUT2D eigenvalue weighted by Gasteiger charge is 2.32. The molecule has 1 saturated heterocycles. The van der Waals surface area contributed by atoms with E-state index < -0.39 is 0 Å². The van der Waals surface area contributed by atoms with Crippen molar-refractivity contribution in [3.63, 3.8) is 0 Å². The Morgan fingerprint density at radius 2 is 1.77 bits per heavy atom. The molecule has 0 bridgehead atoms. The van der Waals surface area contributed by atoms with Gasteiger partial charge >= 0.3 is 0 Å². The number of methoxy groups -OCH3 is 2. The summed E-state index contributed by atoms with van der Waals surface area (Å²) >= 11 is 0. The van der Waals surface area contributed by atoms with E-state index in [-0.39, 0.29) is 11.9 Å². The quantitative estimate of drug-likeness (QED) is 0.943. The number of rotatable bonds is 4. The predicted octanol–water partition coefficient (Wildman–Crippen LogP) is 2.69. The molecule has 1 atom stereocenters. The monoisotopic (exact) mass is 298 g/mol. The summed E-state index contributed by atoms with van der Waals surface area (Å²) in [6, 6.07) is 15.5. The number of para-hydroxylation sites is 1. The molecule has 0 aliphatic carbocycles. The Bertz CT molecular complexity index is 673. The predicted molar refractivity (Wildman–Crippen MR) is 84.0 cm³/mol. The Kier molecular flexibility index (Phi) is 3.87. The second kappa shape index (κ2) is 5.97. The molecule has 1 unspecified atom stereocenters. The van der Waals surface area contributed by atoms with E-state index in [4.69, 9.17) is 9.47 Å². The lowest BCUT2D eigenvalue weighted by Gasteiger charge is -2.26. The maximum absolute atomic E-state index is 11.9. The van der Waals surface area contributed by atoms with Crippen molar-refractivity contribution in [2.24, 2.45) is 0 Å². The third-order valence-electron chi connectivity index (χ3n) is 3.76. The highest BCUT2D eigenvalue weighted by Crippen LogP contribution is 2.36. The van der Waals surface area contributed by atoms with Gasteiger partial charge in [-0.2, -0.15) is 0 Å². The molecular weight excluding hydrogens is 280 g/mol. The smallest absolute Gasteiger partial charge is 0.241 e. The lowest BCUT2D eigenvalue weighted by atomic mass is 10.0. The first-order valence-electron chi connectivity index (χ1n) is 7.08. The van der Waals surface area contributed by atoms with Crippen molar-refractivity contribution in [1.29, 1.82) is 0 Å². The van der Waals surface area contributed by atoms with Crippen LogP contribution in [-0.2, 0) is 4.79 Å². The first-order chi connectivity index (χ1) is 10.7. The molecule has 1 aliphatic rings. The first kappa shape index (κ1) is 14.3. The third-order valence-corrected chi connectivity index (χ3v) is 3.76. The Labute approximate surface area is 129 Å². The molecule has 3 rings (SSSR count). The van der Waals surface area contributed by atoms with Crippen LogP contribution in [0, 0.1) is 0 Å². The van der Waals surface area contributed by atoms with Crippen molar-refractivity contribution in [2.75, 3.05) is 19.2 Å². The molecular formula is C17H18N2O3. The Morgan fingerprint density at radius 3 is 2.45 bits per heavy atom. The molecule has 5 heteroatoms. The lowest BCUT2D eigenvalue weighted by molar-refractivity contribution is -0.119. The van der Waals surface area contributed by atoms with Crippen molar-refractivity contribution in [3.8, 4) is 11.5 Å². The number of benzene rings is 2.